The molecule has 0 aliphatic rings. The number of alkyl halides is 3. The summed E-state index contributed by atoms with van der Waals surface area (Å²) in [6, 6.07) is 7.19. The summed E-state index contributed by atoms with van der Waals surface area (Å²) in [5.41, 5.74) is 0.701. The molecule has 1 heterocycles. The predicted molar refractivity (Wildman–Crippen MR) is 119 cm³/mol. The van der Waals surface area contributed by atoms with Crippen molar-refractivity contribution in [2.75, 3.05) is 20.1 Å². The van der Waals surface area contributed by atoms with Gasteiger partial charge in [0, 0.05) is 44.0 Å². The standard InChI is InChI=1S/C18H22F3N5OS.HI/c1-3-23-16(27)13-6-4-12(5-7-13)10-25-17(22-2)24-9-8-15-26-14(11-28-15)18(19,20)21;/h4-7,11H,3,8-10H2,1-2H3,(H,23,27)(H2,22,24,25);1H. The number of nitrogens with zero attached hydrogens (tertiary/aromatic N) is 2. The van der Waals surface area contributed by atoms with E-state index in [0.29, 0.717) is 42.6 Å². The predicted octanol–water partition coefficient (Wildman–Crippen LogP) is 3.44. The van der Waals surface area contributed by atoms with E-state index in [1.807, 2.05) is 19.1 Å². The third kappa shape index (κ3) is 8.17. The Labute approximate surface area is 188 Å². The van der Waals surface area contributed by atoms with Gasteiger partial charge in [0.15, 0.2) is 11.7 Å². The fourth-order valence-corrected chi connectivity index (χ4v) is 3.09. The minimum Gasteiger partial charge on any atom is -0.356 e. The van der Waals surface area contributed by atoms with Crippen molar-refractivity contribution in [2.45, 2.75) is 26.1 Å². The lowest BCUT2D eigenvalue weighted by atomic mass is 10.1. The Bertz CT molecular complexity index is 809. The largest absolute Gasteiger partial charge is 0.434 e. The zero-order valence-corrected chi connectivity index (χ0v) is 19.1. The van der Waals surface area contributed by atoms with E-state index in [0.717, 1.165) is 22.3 Å². The lowest BCUT2D eigenvalue weighted by Gasteiger charge is -2.12. The average Bonchev–Trinajstić information content (AvgIpc) is 3.14. The van der Waals surface area contributed by atoms with E-state index in [2.05, 4.69) is 25.9 Å². The van der Waals surface area contributed by atoms with Crippen LogP contribution in [-0.2, 0) is 19.1 Å². The normalized spacial score (nSPS) is 11.6. The number of benzene rings is 1. The summed E-state index contributed by atoms with van der Waals surface area (Å²) in [6.45, 7) is 3.33. The van der Waals surface area contributed by atoms with Gasteiger partial charge in [-0.05, 0) is 24.6 Å². The summed E-state index contributed by atoms with van der Waals surface area (Å²) in [5.74, 6) is 0.413. The molecule has 0 fully saturated rings. The maximum atomic E-state index is 12.6. The van der Waals surface area contributed by atoms with Crippen molar-refractivity contribution in [3.05, 3.63) is 51.5 Å². The maximum absolute atomic E-state index is 12.6. The Balaban J connectivity index is 0.00000420. The van der Waals surface area contributed by atoms with E-state index in [1.165, 1.54) is 0 Å². The van der Waals surface area contributed by atoms with Crippen molar-refractivity contribution in [1.29, 1.82) is 0 Å². The van der Waals surface area contributed by atoms with Gasteiger partial charge in [-0.15, -0.1) is 35.3 Å². The number of hydrogen-bond acceptors (Lipinski definition) is 4. The van der Waals surface area contributed by atoms with Crippen molar-refractivity contribution in [1.82, 2.24) is 20.9 Å². The van der Waals surface area contributed by atoms with Gasteiger partial charge in [-0.2, -0.15) is 13.2 Å². The molecule has 0 bridgehead atoms. The first kappa shape index (κ1) is 25.1. The molecule has 0 aliphatic carbocycles. The van der Waals surface area contributed by atoms with Crippen LogP contribution in [-0.4, -0.2) is 37.0 Å². The van der Waals surface area contributed by atoms with Crippen molar-refractivity contribution >= 4 is 47.2 Å². The van der Waals surface area contributed by atoms with Crippen LogP contribution in [0.1, 0.15) is 33.5 Å². The molecular weight excluding hydrogens is 518 g/mol. The molecule has 2 rings (SSSR count). The number of guanidine groups is 1. The van der Waals surface area contributed by atoms with Crippen LogP contribution in [0.5, 0.6) is 0 Å². The van der Waals surface area contributed by atoms with Crippen LogP contribution >= 0.6 is 35.3 Å². The molecule has 6 nitrogen and oxygen atoms in total. The van der Waals surface area contributed by atoms with Crippen LogP contribution in [0.3, 0.4) is 0 Å². The number of carbonyl (C=O) groups is 1. The molecule has 0 saturated heterocycles. The van der Waals surface area contributed by atoms with Crippen LogP contribution in [0.25, 0.3) is 0 Å². The van der Waals surface area contributed by atoms with Crippen molar-refractivity contribution in [3.63, 3.8) is 0 Å². The molecule has 1 aromatic heterocycles. The molecule has 11 heteroatoms. The smallest absolute Gasteiger partial charge is 0.356 e. The minimum absolute atomic E-state index is 0. The zero-order valence-electron chi connectivity index (χ0n) is 16.0. The lowest BCUT2D eigenvalue weighted by molar-refractivity contribution is -0.140. The molecule has 0 unspecified atom stereocenters. The minimum atomic E-state index is -4.41. The molecule has 0 aliphatic heterocycles. The zero-order chi connectivity index (χ0) is 20.6. The van der Waals surface area contributed by atoms with E-state index in [4.69, 9.17) is 0 Å². The monoisotopic (exact) mass is 541 g/mol. The number of carbonyl (C=O) groups excluding carboxylic acids is 1. The third-order valence-electron chi connectivity index (χ3n) is 3.71. The van der Waals surface area contributed by atoms with E-state index in [9.17, 15) is 18.0 Å². The highest BCUT2D eigenvalue weighted by atomic mass is 127. The first-order valence-corrected chi connectivity index (χ1v) is 9.54. The van der Waals surface area contributed by atoms with Gasteiger partial charge >= 0.3 is 6.18 Å². The number of halogens is 4. The van der Waals surface area contributed by atoms with Crippen LogP contribution in [0, 0.1) is 0 Å². The third-order valence-corrected chi connectivity index (χ3v) is 4.62. The highest BCUT2D eigenvalue weighted by molar-refractivity contribution is 14.0. The highest BCUT2D eigenvalue weighted by Gasteiger charge is 2.33. The molecule has 0 atom stereocenters. The van der Waals surface area contributed by atoms with E-state index < -0.39 is 11.9 Å². The van der Waals surface area contributed by atoms with Crippen molar-refractivity contribution in [3.8, 4) is 0 Å². The summed E-state index contributed by atoms with van der Waals surface area (Å²) in [5, 5.41) is 10.3. The maximum Gasteiger partial charge on any atom is 0.434 e. The van der Waals surface area contributed by atoms with Crippen LogP contribution < -0.4 is 16.0 Å². The average molecular weight is 541 g/mol. The number of nitrogens with one attached hydrogen (secondary N) is 3. The van der Waals surface area contributed by atoms with E-state index >= 15 is 0 Å². The number of thiazole rings is 1. The number of aliphatic imine (C=N–C) groups is 1. The first-order chi connectivity index (χ1) is 13.3. The first-order valence-electron chi connectivity index (χ1n) is 8.66. The van der Waals surface area contributed by atoms with E-state index in [1.54, 1.807) is 19.2 Å². The van der Waals surface area contributed by atoms with Crippen molar-refractivity contribution in [2.24, 2.45) is 4.99 Å². The van der Waals surface area contributed by atoms with Crippen molar-refractivity contribution < 1.29 is 18.0 Å². The summed E-state index contributed by atoms with van der Waals surface area (Å²) in [6.07, 6.45) is -4.05. The SMILES string of the molecule is CCNC(=O)c1ccc(CNC(=NC)NCCc2nc(C(F)(F)F)cs2)cc1.I. The number of rotatable bonds is 7. The molecule has 0 radical (unpaired) electrons. The molecule has 0 saturated carbocycles. The molecule has 3 N–H and O–H groups in total. The van der Waals surface area contributed by atoms with Gasteiger partial charge in [0.05, 0.1) is 5.01 Å². The molecule has 0 spiro atoms. The second-order valence-electron chi connectivity index (χ2n) is 5.78. The quantitative estimate of drug-likeness (QED) is 0.285. The van der Waals surface area contributed by atoms with Crippen LogP contribution in [0.2, 0.25) is 0 Å². The summed E-state index contributed by atoms with van der Waals surface area (Å²) >= 11 is 0.989. The van der Waals surface area contributed by atoms with Crippen LogP contribution in [0.4, 0.5) is 13.2 Å². The number of hydrogen-bond donors (Lipinski definition) is 3. The summed E-state index contributed by atoms with van der Waals surface area (Å²) in [4.78, 5) is 19.4. The summed E-state index contributed by atoms with van der Waals surface area (Å²) in [7, 11) is 1.61. The van der Waals surface area contributed by atoms with Crippen LogP contribution in [0.15, 0.2) is 34.6 Å². The van der Waals surface area contributed by atoms with Gasteiger partial charge in [-0.1, -0.05) is 12.1 Å². The second kappa shape index (κ2) is 12.0. The fourth-order valence-electron chi connectivity index (χ4n) is 2.29. The number of amides is 1. The van der Waals surface area contributed by atoms with Gasteiger partial charge in [0.2, 0.25) is 0 Å². The molecule has 29 heavy (non-hydrogen) atoms. The molecular formula is C18H23F3IN5OS. The van der Waals surface area contributed by atoms with Gasteiger partial charge in [0.1, 0.15) is 0 Å². The van der Waals surface area contributed by atoms with Gasteiger partial charge in [-0.3, -0.25) is 9.79 Å². The molecule has 1 aromatic carbocycles. The second-order valence-corrected chi connectivity index (χ2v) is 6.73. The Morgan fingerprint density at radius 2 is 1.86 bits per heavy atom. The van der Waals surface area contributed by atoms with Gasteiger partial charge in [0.25, 0.3) is 5.91 Å². The fraction of sp³-hybridized carbons (Fsp3) is 0.389. The number of aromatic nitrogens is 1. The highest BCUT2D eigenvalue weighted by Crippen LogP contribution is 2.29. The van der Waals surface area contributed by atoms with Gasteiger partial charge < -0.3 is 16.0 Å². The lowest BCUT2D eigenvalue weighted by Crippen LogP contribution is -2.37. The van der Waals surface area contributed by atoms with E-state index in [-0.39, 0.29) is 29.9 Å². The Morgan fingerprint density at radius 3 is 2.41 bits per heavy atom. The molecule has 2 aromatic rings. The Morgan fingerprint density at radius 1 is 1.17 bits per heavy atom. The topological polar surface area (TPSA) is 78.4 Å². The molecule has 1 amide bonds. The van der Waals surface area contributed by atoms with Gasteiger partial charge in [-0.25, -0.2) is 4.98 Å². The Kier molecular flexibility index (Phi) is 10.4. The molecule has 160 valence electrons. The Hall–Kier alpha value is -1.89. The summed E-state index contributed by atoms with van der Waals surface area (Å²) < 4.78 is 37.7.